The molecule has 0 aliphatic heterocycles. The predicted molar refractivity (Wildman–Crippen MR) is 55.5 cm³/mol. The Hall–Kier alpha value is -0.570. The van der Waals surface area contributed by atoms with Crippen molar-refractivity contribution in [1.29, 1.82) is 0 Å². The number of halogens is 1. The Kier molecular flexibility index (Phi) is 2.77. The maximum atomic E-state index is 9.76. The van der Waals surface area contributed by atoms with Gasteiger partial charge in [0.2, 0.25) is 0 Å². The second-order valence-electron chi connectivity index (χ2n) is 3.57. The molecule has 0 unspecified atom stereocenters. The fourth-order valence-corrected chi connectivity index (χ4v) is 2.34. The summed E-state index contributed by atoms with van der Waals surface area (Å²) in [7, 11) is 1.60. The van der Waals surface area contributed by atoms with Crippen molar-refractivity contribution in [3.8, 4) is 0 Å². The van der Waals surface area contributed by atoms with Gasteiger partial charge in [0.25, 0.3) is 0 Å². The summed E-state index contributed by atoms with van der Waals surface area (Å²) in [5, 5.41) is 10.4. The molecule has 0 spiro atoms. The largest absolute Gasteiger partial charge is 0.390 e. The number of hydrogen-bond donors (Lipinski definition) is 1. The first-order valence-corrected chi connectivity index (χ1v) is 5.10. The smallest absolute Gasteiger partial charge is 0.110 e. The summed E-state index contributed by atoms with van der Waals surface area (Å²) < 4.78 is 5.28. The standard InChI is InChI=1S/C11H13ClO2/c1-14-11-9(13)6-5-7-3-2-4-8(12)10(7)11/h2-4,9,11,13H,5-6H2,1H3/t9-,11-/m1/s1. The zero-order valence-electron chi connectivity index (χ0n) is 8.03. The third kappa shape index (κ3) is 1.54. The highest BCUT2D eigenvalue weighted by Crippen LogP contribution is 2.36. The fourth-order valence-electron chi connectivity index (χ4n) is 2.04. The van der Waals surface area contributed by atoms with Crippen molar-refractivity contribution in [3.05, 3.63) is 34.3 Å². The number of aliphatic hydroxyl groups excluding tert-OH is 1. The number of fused-ring (bicyclic) bond motifs is 1. The van der Waals surface area contributed by atoms with Crippen molar-refractivity contribution < 1.29 is 9.84 Å². The Morgan fingerprint density at radius 1 is 1.50 bits per heavy atom. The molecule has 0 radical (unpaired) electrons. The molecular formula is C11H13ClO2. The van der Waals surface area contributed by atoms with E-state index in [0.717, 1.165) is 18.4 Å². The third-order valence-electron chi connectivity index (χ3n) is 2.74. The number of methoxy groups -OCH3 is 1. The normalized spacial score (nSPS) is 25.9. The van der Waals surface area contributed by atoms with E-state index >= 15 is 0 Å². The molecule has 0 saturated carbocycles. The van der Waals surface area contributed by atoms with Crippen LogP contribution in [0, 0.1) is 0 Å². The molecule has 0 saturated heterocycles. The van der Waals surface area contributed by atoms with Gasteiger partial charge in [0.1, 0.15) is 6.10 Å². The molecule has 1 aliphatic rings. The van der Waals surface area contributed by atoms with Crippen LogP contribution >= 0.6 is 11.6 Å². The predicted octanol–water partition coefficient (Wildman–Crippen LogP) is 2.33. The van der Waals surface area contributed by atoms with Crippen LogP contribution in [0.5, 0.6) is 0 Å². The summed E-state index contributed by atoms with van der Waals surface area (Å²) in [5.74, 6) is 0. The zero-order chi connectivity index (χ0) is 10.1. The molecule has 1 aromatic carbocycles. The molecule has 3 heteroatoms. The van der Waals surface area contributed by atoms with Gasteiger partial charge in [-0.05, 0) is 24.5 Å². The number of ether oxygens (including phenoxy) is 1. The lowest BCUT2D eigenvalue weighted by atomic mass is 9.87. The second-order valence-corrected chi connectivity index (χ2v) is 3.98. The lowest BCUT2D eigenvalue weighted by molar-refractivity contribution is -0.0233. The van der Waals surface area contributed by atoms with Crippen LogP contribution < -0.4 is 0 Å². The summed E-state index contributed by atoms with van der Waals surface area (Å²) in [4.78, 5) is 0. The maximum absolute atomic E-state index is 9.76. The molecule has 2 nitrogen and oxygen atoms in total. The molecule has 14 heavy (non-hydrogen) atoms. The fraction of sp³-hybridized carbons (Fsp3) is 0.455. The van der Waals surface area contributed by atoms with E-state index in [0.29, 0.717) is 5.02 Å². The Bertz CT molecular complexity index is 338. The first-order valence-electron chi connectivity index (χ1n) is 4.72. The van der Waals surface area contributed by atoms with Crippen LogP contribution in [0.3, 0.4) is 0 Å². The average Bonchev–Trinajstić information content (AvgIpc) is 2.19. The monoisotopic (exact) mass is 212 g/mol. The minimum absolute atomic E-state index is 0.271. The lowest BCUT2D eigenvalue weighted by Gasteiger charge is -2.29. The Balaban J connectivity index is 2.49. The van der Waals surface area contributed by atoms with Crippen LogP contribution in [0.1, 0.15) is 23.7 Å². The molecule has 0 amide bonds. The van der Waals surface area contributed by atoms with Crippen LogP contribution in [0.2, 0.25) is 5.02 Å². The molecule has 2 atom stereocenters. The summed E-state index contributed by atoms with van der Waals surface area (Å²) in [5.41, 5.74) is 2.14. The van der Waals surface area contributed by atoms with E-state index in [4.69, 9.17) is 16.3 Å². The molecule has 0 heterocycles. The SMILES string of the molecule is CO[C@H]1c2c(Cl)cccc2CC[C@H]1O. The number of rotatable bonds is 1. The van der Waals surface area contributed by atoms with Crippen LogP contribution in [-0.4, -0.2) is 18.3 Å². The molecule has 1 aromatic rings. The van der Waals surface area contributed by atoms with Crippen LogP contribution in [0.4, 0.5) is 0 Å². The lowest BCUT2D eigenvalue weighted by Crippen LogP contribution is -2.26. The maximum Gasteiger partial charge on any atom is 0.110 e. The van der Waals surface area contributed by atoms with Gasteiger partial charge in [0, 0.05) is 17.7 Å². The van der Waals surface area contributed by atoms with Crippen LogP contribution in [0.25, 0.3) is 0 Å². The molecular weight excluding hydrogens is 200 g/mol. The van der Waals surface area contributed by atoms with Gasteiger partial charge in [-0.2, -0.15) is 0 Å². The van der Waals surface area contributed by atoms with Crippen molar-refractivity contribution in [2.45, 2.75) is 25.0 Å². The average molecular weight is 213 g/mol. The highest BCUT2D eigenvalue weighted by molar-refractivity contribution is 6.31. The second kappa shape index (κ2) is 3.89. The third-order valence-corrected chi connectivity index (χ3v) is 3.07. The van der Waals surface area contributed by atoms with E-state index in [9.17, 15) is 5.11 Å². The number of aliphatic hydroxyl groups is 1. The first kappa shape index (κ1) is 9.97. The number of aryl methyl sites for hydroxylation is 1. The van der Waals surface area contributed by atoms with Gasteiger partial charge >= 0.3 is 0 Å². The highest BCUT2D eigenvalue weighted by Gasteiger charge is 2.29. The molecule has 1 aliphatic carbocycles. The summed E-state index contributed by atoms with van der Waals surface area (Å²) in [6.07, 6.45) is 0.905. The molecule has 1 N–H and O–H groups in total. The van der Waals surface area contributed by atoms with Gasteiger partial charge in [0.15, 0.2) is 0 Å². The summed E-state index contributed by atoms with van der Waals surface area (Å²) in [6, 6.07) is 5.81. The Labute approximate surface area is 88.5 Å². The zero-order valence-corrected chi connectivity index (χ0v) is 8.79. The van der Waals surface area contributed by atoms with Crippen molar-refractivity contribution in [2.24, 2.45) is 0 Å². The number of benzene rings is 1. The molecule has 0 bridgehead atoms. The van der Waals surface area contributed by atoms with Gasteiger partial charge in [-0.25, -0.2) is 0 Å². The van der Waals surface area contributed by atoms with E-state index in [-0.39, 0.29) is 6.10 Å². The van der Waals surface area contributed by atoms with E-state index in [1.807, 2.05) is 18.2 Å². The topological polar surface area (TPSA) is 29.5 Å². The Morgan fingerprint density at radius 3 is 3.00 bits per heavy atom. The van der Waals surface area contributed by atoms with E-state index < -0.39 is 6.10 Å². The first-order chi connectivity index (χ1) is 6.74. The van der Waals surface area contributed by atoms with E-state index in [1.54, 1.807) is 7.11 Å². The van der Waals surface area contributed by atoms with Crippen molar-refractivity contribution in [3.63, 3.8) is 0 Å². The molecule has 2 rings (SSSR count). The molecule has 76 valence electrons. The van der Waals surface area contributed by atoms with E-state index in [2.05, 4.69) is 0 Å². The highest BCUT2D eigenvalue weighted by atomic mass is 35.5. The van der Waals surface area contributed by atoms with Gasteiger partial charge < -0.3 is 9.84 Å². The van der Waals surface area contributed by atoms with Gasteiger partial charge in [0.05, 0.1) is 6.10 Å². The molecule has 0 aromatic heterocycles. The van der Waals surface area contributed by atoms with Gasteiger partial charge in [-0.1, -0.05) is 23.7 Å². The van der Waals surface area contributed by atoms with Crippen molar-refractivity contribution in [1.82, 2.24) is 0 Å². The summed E-state index contributed by atoms with van der Waals surface area (Å²) in [6.45, 7) is 0. The quantitative estimate of drug-likeness (QED) is 0.775. The van der Waals surface area contributed by atoms with E-state index in [1.165, 1.54) is 5.56 Å². The Morgan fingerprint density at radius 2 is 2.29 bits per heavy atom. The molecule has 0 fully saturated rings. The van der Waals surface area contributed by atoms with Crippen LogP contribution in [-0.2, 0) is 11.2 Å². The van der Waals surface area contributed by atoms with Gasteiger partial charge in [-0.15, -0.1) is 0 Å². The minimum Gasteiger partial charge on any atom is -0.390 e. The summed E-state index contributed by atoms with van der Waals surface area (Å²) >= 11 is 6.09. The van der Waals surface area contributed by atoms with Crippen LogP contribution in [0.15, 0.2) is 18.2 Å². The minimum atomic E-state index is -0.438. The van der Waals surface area contributed by atoms with Crippen molar-refractivity contribution in [2.75, 3.05) is 7.11 Å². The van der Waals surface area contributed by atoms with Crippen molar-refractivity contribution >= 4 is 11.6 Å². The van der Waals surface area contributed by atoms with Gasteiger partial charge in [-0.3, -0.25) is 0 Å². The number of hydrogen-bond acceptors (Lipinski definition) is 2.